The van der Waals surface area contributed by atoms with Gasteiger partial charge in [-0.2, -0.15) is 0 Å². The number of nitrogens with zero attached hydrogens (tertiary/aromatic N) is 2. The van der Waals surface area contributed by atoms with Crippen molar-refractivity contribution < 1.29 is 80.3 Å². The number of ketones is 1. The molecule has 1 aromatic carbocycles. The topological polar surface area (TPSA) is 139 Å². The van der Waals surface area contributed by atoms with Gasteiger partial charge in [0.25, 0.3) is 5.97 Å². The van der Waals surface area contributed by atoms with Gasteiger partial charge in [-0.25, -0.2) is 0 Å². The fraction of sp³-hybridized carbons (Fsp3) is 0.357. The summed E-state index contributed by atoms with van der Waals surface area (Å²) < 4.78 is 9.67. The summed E-state index contributed by atoms with van der Waals surface area (Å²) in [7, 11) is 0. The molecule has 0 aliphatic rings. The molecule has 1 rings (SSSR count). The first-order valence-electron chi connectivity index (χ1n) is 6.89. The summed E-state index contributed by atoms with van der Waals surface area (Å²) >= 11 is 0. The average molecular weight is 378 g/mol. The van der Waals surface area contributed by atoms with Crippen LogP contribution in [0.5, 0.6) is 5.75 Å². The van der Waals surface area contributed by atoms with Crippen LogP contribution in [0.25, 0.3) is 0 Å². The molecule has 1 aromatic rings. The number of nitro benzene ring substituents is 2. The number of Topliss-reactive ketones (excluding diaryl/α,β-unsaturated/α-hetero) is 1. The van der Waals surface area contributed by atoms with Gasteiger partial charge in [0, 0.05) is 15.4 Å². The average Bonchev–Trinajstić information content (AvgIpc) is 2.49. The summed E-state index contributed by atoms with van der Waals surface area (Å²) in [4.78, 5) is 44.0. The second kappa shape index (κ2) is 10.5. The first kappa shape index (κ1) is 23.5. The standard InChI is InChI=1S/C14H15N2O8.K/c1-4-23-13-8(3)6-10(15(19)20)9(12(13)16(21)22)7-11(17)14(18)24-5-2;/h6-7H,4-5H2,1-3H3;/q-1;+1. The molecule has 0 heterocycles. The SMILES string of the molecule is CCOC(=O)C(=O)[CH-]c1c([N+](=O)[O-])cc(C)c(OCC)c1[N+](=O)[O-].[K+]. The van der Waals surface area contributed by atoms with Gasteiger partial charge in [0.15, 0.2) is 11.5 Å². The number of carbonyl (C=O) groups excluding carboxylic acids is 2. The maximum absolute atomic E-state index is 11.8. The summed E-state index contributed by atoms with van der Waals surface area (Å²) in [5.41, 5.74) is -1.88. The Hall–Kier alpha value is -1.53. The number of rotatable bonds is 8. The zero-order valence-electron chi connectivity index (χ0n) is 14.2. The van der Waals surface area contributed by atoms with Crippen molar-refractivity contribution in [2.75, 3.05) is 13.2 Å². The minimum absolute atomic E-state index is 0. The second-order valence-corrected chi connectivity index (χ2v) is 4.48. The summed E-state index contributed by atoms with van der Waals surface area (Å²) in [6, 6.07) is 1.04. The van der Waals surface area contributed by atoms with Gasteiger partial charge in [-0.05, 0) is 32.4 Å². The number of esters is 1. The molecule has 130 valence electrons. The van der Waals surface area contributed by atoms with E-state index in [4.69, 9.17) is 4.74 Å². The largest absolute Gasteiger partial charge is 1.00 e. The maximum Gasteiger partial charge on any atom is 1.00 e. The smallest absolute Gasteiger partial charge is 0.503 e. The third-order valence-electron chi connectivity index (χ3n) is 2.88. The summed E-state index contributed by atoms with van der Waals surface area (Å²) in [6.07, 6.45) is 0.524. The van der Waals surface area contributed by atoms with Gasteiger partial charge in [-0.3, -0.25) is 20.2 Å². The van der Waals surface area contributed by atoms with Crippen molar-refractivity contribution >= 4 is 23.1 Å². The van der Waals surface area contributed by atoms with Gasteiger partial charge in [-0.1, -0.05) is 6.42 Å². The van der Waals surface area contributed by atoms with Crippen molar-refractivity contribution in [3.8, 4) is 5.75 Å². The number of benzene rings is 1. The van der Waals surface area contributed by atoms with Crippen LogP contribution in [0.3, 0.4) is 0 Å². The molecule has 0 radical (unpaired) electrons. The molecule has 10 nitrogen and oxygen atoms in total. The van der Waals surface area contributed by atoms with Crippen molar-refractivity contribution in [3.63, 3.8) is 0 Å². The molecule has 0 aliphatic heterocycles. The van der Waals surface area contributed by atoms with Crippen molar-refractivity contribution in [1.82, 2.24) is 0 Å². The van der Waals surface area contributed by atoms with Gasteiger partial charge in [0.05, 0.1) is 13.2 Å². The third-order valence-corrected chi connectivity index (χ3v) is 2.88. The molecule has 0 spiro atoms. The first-order chi connectivity index (χ1) is 11.2. The van der Waals surface area contributed by atoms with Crippen molar-refractivity contribution in [2.24, 2.45) is 0 Å². The molecular weight excluding hydrogens is 363 g/mol. The van der Waals surface area contributed by atoms with Crippen molar-refractivity contribution in [3.05, 3.63) is 43.8 Å². The monoisotopic (exact) mass is 378 g/mol. The van der Waals surface area contributed by atoms with E-state index >= 15 is 0 Å². The predicted octanol–water partition coefficient (Wildman–Crippen LogP) is -1.10. The number of ether oxygens (including phenoxy) is 2. The Morgan fingerprint density at radius 2 is 1.76 bits per heavy atom. The Balaban J connectivity index is 0.00000576. The van der Waals surface area contributed by atoms with E-state index in [1.807, 2.05) is 0 Å². The van der Waals surface area contributed by atoms with E-state index in [2.05, 4.69) is 4.74 Å². The number of hydrogen-bond acceptors (Lipinski definition) is 8. The van der Waals surface area contributed by atoms with Crippen LogP contribution < -0.4 is 56.1 Å². The number of nitro groups is 2. The van der Waals surface area contributed by atoms with Gasteiger partial charge < -0.3 is 19.1 Å². The molecule has 0 saturated carbocycles. The van der Waals surface area contributed by atoms with Crippen LogP contribution in [0.2, 0.25) is 0 Å². The van der Waals surface area contributed by atoms with Crippen LogP contribution in [-0.4, -0.2) is 34.8 Å². The Labute approximate surface area is 185 Å². The number of hydrogen-bond donors (Lipinski definition) is 0. The minimum atomic E-state index is -1.26. The van der Waals surface area contributed by atoms with E-state index < -0.39 is 38.5 Å². The predicted molar refractivity (Wildman–Crippen MR) is 80.7 cm³/mol. The van der Waals surface area contributed by atoms with Crippen LogP contribution in [-0.2, 0) is 14.3 Å². The second-order valence-electron chi connectivity index (χ2n) is 4.48. The molecule has 25 heavy (non-hydrogen) atoms. The Morgan fingerprint density at radius 3 is 2.20 bits per heavy atom. The molecule has 11 heteroatoms. The van der Waals surface area contributed by atoms with E-state index in [0.717, 1.165) is 6.07 Å². The molecular formula is C14H15KN2O8. The summed E-state index contributed by atoms with van der Waals surface area (Å²) in [6.45, 7) is 4.44. The molecule has 0 unspecified atom stereocenters. The van der Waals surface area contributed by atoms with Gasteiger partial charge in [-0.15, -0.1) is 0 Å². The van der Waals surface area contributed by atoms with Crippen LogP contribution in [0, 0.1) is 33.6 Å². The zero-order valence-corrected chi connectivity index (χ0v) is 17.4. The molecule has 0 fully saturated rings. The molecule has 0 atom stereocenters. The number of carbonyl (C=O) groups is 2. The van der Waals surface area contributed by atoms with Crippen LogP contribution in [0.4, 0.5) is 11.4 Å². The fourth-order valence-electron chi connectivity index (χ4n) is 1.97. The number of aryl methyl sites for hydroxylation is 1. The van der Waals surface area contributed by atoms with E-state index in [0.29, 0.717) is 6.42 Å². The minimum Gasteiger partial charge on any atom is -0.503 e. The molecule has 0 saturated heterocycles. The third kappa shape index (κ3) is 5.75. The van der Waals surface area contributed by atoms with Crippen LogP contribution >= 0.6 is 0 Å². The maximum atomic E-state index is 11.8. The first-order valence-corrected chi connectivity index (χ1v) is 6.89. The normalized spacial score (nSPS) is 9.56. The van der Waals surface area contributed by atoms with Crippen molar-refractivity contribution in [1.29, 1.82) is 0 Å². The fourth-order valence-corrected chi connectivity index (χ4v) is 1.97. The van der Waals surface area contributed by atoms with E-state index in [9.17, 15) is 29.8 Å². The Kier molecular flexibility index (Phi) is 9.81. The van der Waals surface area contributed by atoms with Crippen LogP contribution in [0.1, 0.15) is 25.0 Å². The Bertz CT molecular complexity index is 705. The zero-order chi connectivity index (χ0) is 18.4. The van der Waals surface area contributed by atoms with E-state index in [1.54, 1.807) is 6.92 Å². The van der Waals surface area contributed by atoms with E-state index in [-0.39, 0.29) is 75.9 Å². The van der Waals surface area contributed by atoms with Gasteiger partial charge in [0.1, 0.15) is 0 Å². The van der Waals surface area contributed by atoms with Crippen molar-refractivity contribution in [2.45, 2.75) is 20.8 Å². The molecule has 0 aliphatic carbocycles. The molecule has 0 bridgehead atoms. The summed E-state index contributed by atoms with van der Waals surface area (Å²) in [5, 5.41) is 22.6. The van der Waals surface area contributed by atoms with Gasteiger partial charge >= 0.3 is 51.4 Å². The van der Waals surface area contributed by atoms with Crippen LogP contribution in [0.15, 0.2) is 6.07 Å². The summed E-state index contributed by atoms with van der Waals surface area (Å²) in [5.74, 6) is -2.70. The molecule has 0 aromatic heterocycles. The van der Waals surface area contributed by atoms with Gasteiger partial charge in [0.2, 0.25) is 11.4 Å². The molecule has 0 amide bonds. The Morgan fingerprint density at radius 1 is 1.16 bits per heavy atom. The van der Waals surface area contributed by atoms with E-state index in [1.165, 1.54) is 13.8 Å². The molecule has 0 N–H and O–H groups in total. The quantitative estimate of drug-likeness (QED) is 0.139.